The van der Waals surface area contributed by atoms with E-state index in [4.69, 9.17) is 4.98 Å². The Morgan fingerprint density at radius 1 is 1.04 bits per heavy atom. The van der Waals surface area contributed by atoms with E-state index in [2.05, 4.69) is 70.5 Å². The molecule has 0 amide bonds. The van der Waals surface area contributed by atoms with Crippen LogP contribution in [0.25, 0.3) is 11.3 Å². The summed E-state index contributed by atoms with van der Waals surface area (Å²) in [6.07, 6.45) is 1.01. The molecule has 134 valence electrons. The molecule has 0 aliphatic heterocycles. The van der Waals surface area contributed by atoms with Crippen molar-refractivity contribution in [2.75, 3.05) is 10.6 Å². The van der Waals surface area contributed by atoms with Gasteiger partial charge >= 0.3 is 0 Å². The predicted octanol–water partition coefficient (Wildman–Crippen LogP) is 6.17. The quantitative estimate of drug-likeness (QED) is 0.509. The fourth-order valence-electron chi connectivity index (χ4n) is 2.53. The van der Waals surface area contributed by atoms with E-state index in [1.165, 1.54) is 5.56 Å². The highest BCUT2D eigenvalue weighted by atomic mass is 79.9. The second-order valence-electron chi connectivity index (χ2n) is 6.37. The standard InChI is InChI=1S/C21H23BrN4/c1-4-15(3)23-21-25-19(16-8-6-5-7-9-16)13-20(26-21)24-17-10-11-18(22)14(2)12-17/h5-13,15H,4H2,1-3H3,(H2,23,24,25,26)/t15-/m1/s1. The molecular weight excluding hydrogens is 388 g/mol. The van der Waals surface area contributed by atoms with Gasteiger partial charge in [-0.25, -0.2) is 4.98 Å². The highest BCUT2D eigenvalue weighted by Gasteiger charge is 2.09. The van der Waals surface area contributed by atoms with Crippen LogP contribution in [0.1, 0.15) is 25.8 Å². The molecule has 0 unspecified atom stereocenters. The molecule has 1 heterocycles. The lowest BCUT2D eigenvalue weighted by Crippen LogP contribution is -2.16. The first-order chi connectivity index (χ1) is 12.5. The van der Waals surface area contributed by atoms with E-state index in [1.54, 1.807) is 0 Å². The second-order valence-corrected chi connectivity index (χ2v) is 7.22. The van der Waals surface area contributed by atoms with Crippen LogP contribution in [0, 0.1) is 6.92 Å². The van der Waals surface area contributed by atoms with Crippen LogP contribution in [0.3, 0.4) is 0 Å². The van der Waals surface area contributed by atoms with Crippen molar-refractivity contribution in [2.24, 2.45) is 0 Å². The molecule has 0 saturated heterocycles. The van der Waals surface area contributed by atoms with Crippen LogP contribution in [-0.2, 0) is 0 Å². The number of nitrogens with zero attached hydrogens (tertiary/aromatic N) is 2. The molecule has 1 aromatic heterocycles. The van der Waals surface area contributed by atoms with Crippen molar-refractivity contribution in [2.45, 2.75) is 33.2 Å². The average Bonchev–Trinajstić information content (AvgIpc) is 2.65. The van der Waals surface area contributed by atoms with Crippen molar-refractivity contribution in [1.29, 1.82) is 0 Å². The van der Waals surface area contributed by atoms with Gasteiger partial charge in [-0.3, -0.25) is 0 Å². The molecule has 0 spiro atoms. The smallest absolute Gasteiger partial charge is 0.225 e. The first-order valence-electron chi connectivity index (χ1n) is 8.79. The molecule has 0 saturated carbocycles. The molecule has 2 N–H and O–H groups in total. The van der Waals surface area contributed by atoms with Crippen molar-refractivity contribution >= 4 is 33.4 Å². The normalized spacial score (nSPS) is 11.8. The molecule has 0 radical (unpaired) electrons. The van der Waals surface area contributed by atoms with Gasteiger partial charge in [0, 0.05) is 27.8 Å². The molecule has 5 heteroatoms. The Hall–Kier alpha value is -2.40. The molecule has 0 fully saturated rings. The molecule has 3 aromatic rings. The fraction of sp³-hybridized carbons (Fsp3) is 0.238. The molecule has 0 bridgehead atoms. The summed E-state index contributed by atoms with van der Waals surface area (Å²) in [5.74, 6) is 1.41. The molecule has 0 aliphatic rings. The number of benzene rings is 2. The SMILES string of the molecule is CC[C@@H](C)Nc1nc(Nc2ccc(Br)c(C)c2)cc(-c2ccccc2)n1. The van der Waals surface area contributed by atoms with Gasteiger partial charge in [0.05, 0.1) is 5.69 Å². The topological polar surface area (TPSA) is 49.8 Å². The number of aryl methyl sites for hydroxylation is 1. The Labute approximate surface area is 163 Å². The van der Waals surface area contributed by atoms with Gasteiger partial charge < -0.3 is 10.6 Å². The summed E-state index contributed by atoms with van der Waals surface area (Å²) in [6.45, 7) is 6.34. The van der Waals surface area contributed by atoms with Crippen molar-refractivity contribution in [3.05, 3.63) is 64.6 Å². The molecular formula is C21H23BrN4. The Morgan fingerprint density at radius 3 is 2.50 bits per heavy atom. The largest absolute Gasteiger partial charge is 0.352 e. The van der Waals surface area contributed by atoms with Gasteiger partial charge in [0.15, 0.2) is 0 Å². The monoisotopic (exact) mass is 410 g/mol. The van der Waals surface area contributed by atoms with Crippen LogP contribution in [0.2, 0.25) is 0 Å². The minimum Gasteiger partial charge on any atom is -0.352 e. The molecule has 26 heavy (non-hydrogen) atoms. The predicted molar refractivity (Wildman–Crippen MR) is 113 cm³/mol. The van der Waals surface area contributed by atoms with Crippen molar-refractivity contribution in [3.8, 4) is 11.3 Å². The Bertz CT molecular complexity index is 880. The average molecular weight is 411 g/mol. The van der Waals surface area contributed by atoms with Crippen molar-refractivity contribution in [1.82, 2.24) is 9.97 Å². The maximum Gasteiger partial charge on any atom is 0.225 e. The first-order valence-corrected chi connectivity index (χ1v) is 9.58. The molecule has 0 aliphatic carbocycles. The zero-order valence-corrected chi connectivity index (χ0v) is 16.8. The maximum atomic E-state index is 4.70. The summed E-state index contributed by atoms with van der Waals surface area (Å²) in [7, 11) is 0. The number of aromatic nitrogens is 2. The lowest BCUT2D eigenvalue weighted by molar-refractivity contribution is 0.753. The minimum atomic E-state index is 0.309. The van der Waals surface area contributed by atoms with Gasteiger partial charge in [-0.15, -0.1) is 0 Å². The minimum absolute atomic E-state index is 0.309. The highest BCUT2D eigenvalue weighted by molar-refractivity contribution is 9.10. The number of hydrogen-bond acceptors (Lipinski definition) is 4. The molecule has 1 atom stereocenters. The van der Waals surface area contributed by atoms with Crippen molar-refractivity contribution in [3.63, 3.8) is 0 Å². The van der Waals surface area contributed by atoms with Gasteiger partial charge in [-0.1, -0.05) is 53.2 Å². The van der Waals surface area contributed by atoms with Crippen LogP contribution < -0.4 is 10.6 Å². The summed E-state index contributed by atoms with van der Waals surface area (Å²) in [6, 6.07) is 18.6. The highest BCUT2D eigenvalue weighted by Crippen LogP contribution is 2.26. The van der Waals surface area contributed by atoms with Gasteiger partial charge in [-0.2, -0.15) is 4.98 Å². The third kappa shape index (κ3) is 4.61. The lowest BCUT2D eigenvalue weighted by Gasteiger charge is -2.15. The number of hydrogen-bond donors (Lipinski definition) is 2. The Morgan fingerprint density at radius 2 is 1.81 bits per heavy atom. The maximum absolute atomic E-state index is 4.70. The van der Waals surface area contributed by atoms with Crippen LogP contribution in [0.5, 0.6) is 0 Å². The van der Waals surface area contributed by atoms with E-state index < -0.39 is 0 Å². The fourth-order valence-corrected chi connectivity index (χ4v) is 2.77. The summed E-state index contributed by atoms with van der Waals surface area (Å²) in [5.41, 5.74) is 4.13. The molecule has 3 rings (SSSR count). The summed E-state index contributed by atoms with van der Waals surface area (Å²) < 4.78 is 1.09. The summed E-state index contributed by atoms with van der Waals surface area (Å²) in [5, 5.41) is 6.78. The van der Waals surface area contributed by atoms with E-state index in [1.807, 2.05) is 36.4 Å². The second kappa shape index (κ2) is 8.32. The van der Waals surface area contributed by atoms with Gasteiger partial charge in [0.1, 0.15) is 5.82 Å². The van der Waals surface area contributed by atoms with E-state index in [0.717, 1.165) is 33.7 Å². The summed E-state index contributed by atoms with van der Waals surface area (Å²) in [4.78, 5) is 9.34. The van der Waals surface area contributed by atoms with Crippen molar-refractivity contribution < 1.29 is 0 Å². The van der Waals surface area contributed by atoms with Gasteiger partial charge in [0.2, 0.25) is 5.95 Å². The Balaban J connectivity index is 1.97. The van der Waals surface area contributed by atoms with Gasteiger partial charge in [-0.05, 0) is 44.0 Å². The van der Waals surface area contributed by atoms with E-state index in [-0.39, 0.29) is 0 Å². The number of nitrogens with one attached hydrogen (secondary N) is 2. The van der Waals surface area contributed by atoms with E-state index >= 15 is 0 Å². The van der Waals surface area contributed by atoms with Crippen LogP contribution in [-0.4, -0.2) is 16.0 Å². The molecule has 2 aromatic carbocycles. The van der Waals surface area contributed by atoms with Crippen LogP contribution >= 0.6 is 15.9 Å². The van der Waals surface area contributed by atoms with E-state index in [0.29, 0.717) is 12.0 Å². The van der Waals surface area contributed by atoms with Crippen LogP contribution in [0.15, 0.2) is 59.1 Å². The zero-order valence-electron chi connectivity index (χ0n) is 15.3. The van der Waals surface area contributed by atoms with Crippen LogP contribution in [0.4, 0.5) is 17.5 Å². The molecule has 4 nitrogen and oxygen atoms in total. The lowest BCUT2D eigenvalue weighted by atomic mass is 10.1. The zero-order chi connectivity index (χ0) is 18.5. The first kappa shape index (κ1) is 18.4. The number of halogens is 1. The third-order valence-electron chi connectivity index (χ3n) is 4.21. The Kier molecular flexibility index (Phi) is 5.89. The van der Waals surface area contributed by atoms with E-state index in [9.17, 15) is 0 Å². The number of anilines is 3. The van der Waals surface area contributed by atoms with Gasteiger partial charge in [0.25, 0.3) is 0 Å². The third-order valence-corrected chi connectivity index (χ3v) is 5.10. The number of rotatable bonds is 6. The summed E-state index contributed by atoms with van der Waals surface area (Å²) >= 11 is 3.54.